The Balaban J connectivity index is 5.18. The average Bonchev–Trinajstić information content (AvgIpc) is 2.30. The smallest absolute Gasteiger partial charge is 0.120 e. The second-order valence-electron chi connectivity index (χ2n) is 4.68. The standard InChI is InChI=1S/C15H28N2O/c1-7-16(8-2)14(17(9-3)10-4)12-11-13-15(5,6)18/h12,18H,7-10H2,1-6H3. The molecule has 0 aromatic carbocycles. The van der Waals surface area contributed by atoms with Crippen LogP contribution in [-0.4, -0.2) is 46.7 Å². The second kappa shape index (κ2) is 8.05. The van der Waals surface area contributed by atoms with E-state index in [2.05, 4.69) is 49.3 Å². The normalized spacial score (nSPS) is 10.4. The number of hydrogen-bond donors (Lipinski definition) is 1. The van der Waals surface area contributed by atoms with Crippen molar-refractivity contribution in [1.82, 2.24) is 9.80 Å². The molecule has 0 aliphatic heterocycles. The van der Waals surface area contributed by atoms with E-state index in [0.29, 0.717) is 0 Å². The van der Waals surface area contributed by atoms with Crippen molar-refractivity contribution in [3.63, 3.8) is 0 Å². The van der Waals surface area contributed by atoms with E-state index in [1.54, 1.807) is 13.8 Å². The van der Waals surface area contributed by atoms with E-state index >= 15 is 0 Å². The Morgan fingerprint density at radius 3 is 1.67 bits per heavy atom. The molecule has 0 bridgehead atoms. The molecule has 0 saturated heterocycles. The molecule has 0 saturated carbocycles. The van der Waals surface area contributed by atoms with Crippen molar-refractivity contribution in [3.05, 3.63) is 11.9 Å². The van der Waals surface area contributed by atoms with Crippen molar-refractivity contribution in [2.45, 2.75) is 47.1 Å². The van der Waals surface area contributed by atoms with E-state index in [0.717, 1.165) is 32.0 Å². The first-order valence-corrected chi connectivity index (χ1v) is 6.84. The van der Waals surface area contributed by atoms with Crippen LogP contribution >= 0.6 is 0 Å². The molecule has 0 aliphatic rings. The summed E-state index contributed by atoms with van der Waals surface area (Å²) in [4.78, 5) is 4.57. The van der Waals surface area contributed by atoms with Crippen LogP contribution in [0, 0.1) is 11.8 Å². The van der Waals surface area contributed by atoms with Gasteiger partial charge in [-0.1, -0.05) is 11.8 Å². The molecule has 0 radical (unpaired) electrons. The first kappa shape index (κ1) is 16.9. The molecule has 0 aliphatic carbocycles. The summed E-state index contributed by atoms with van der Waals surface area (Å²) in [6, 6.07) is 0. The Kier molecular flexibility index (Phi) is 7.54. The van der Waals surface area contributed by atoms with Gasteiger partial charge in [-0.25, -0.2) is 0 Å². The topological polar surface area (TPSA) is 26.7 Å². The first-order chi connectivity index (χ1) is 8.39. The fourth-order valence-corrected chi connectivity index (χ4v) is 1.76. The van der Waals surface area contributed by atoms with Crippen LogP contribution < -0.4 is 0 Å². The van der Waals surface area contributed by atoms with Gasteiger partial charge in [-0.15, -0.1) is 0 Å². The van der Waals surface area contributed by atoms with Crippen molar-refractivity contribution in [3.8, 4) is 11.8 Å². The van der Waals surface area contributed by atoms with Gasteiger partial charge in [0.05, 0.1) is 0 Å². The zero-order valence-corrected chi connectivity index (χ0v) is 12.7. The Morgan fingerprint density at radius 2 is 1.39 bits per heavy atom. The molecule has 0 atom stereocenters. The molecule has 3 heteroatoms. The first-order valence-electron chi connectivity index (χ1n) is 6.84. The highest BCUT2D eigenvalue weighted by atomic mass is 16.3. The molecule has 0 fully saturated rings. The van der Waals surface area contributed by atoms with Crippen LogP contribution in [-0.2, 0) is 0 Å². The fourth-order valence-electron chi connectivity index (χ4n) is 1.76. The Morgan fingerprint density at radius 1 is 1.00 bits per heavy atom. The molecule has 3 nitrogen and oxygen atoms in total. The monoisotopic (exact) mass is 252 g/mol. The van der Waals surface area contributed by atoms with E-state index in [-0.39, 0.29) is 0 Å². The van der Waals surface area contributed by atoms with Crippen LogP contribution in [0.25, 0.3) is 0 Å². The lowest BCUT2D eigenvalue weighted by Gasteiger charge is -2.33. The molecule has 0 aromatic rings. The third-order valence-electron chi connectivity index (χ3n) is 2.75. The van der Waals surface area contributed by atoms with Crippen LogP contribution in [0.4, 0.5) is 0 Å². The third-order valence-corrected chi connectivity index (χ3v) is 2.75. The molecule has 0 aromatic heterocycles. The maximum absolute atomic E-state index is 9.61. The van der Waals surface area contributed by atoms with E-state index in [9.17, 15) is 5.11 Å². The minimum Gasteiger partial charge on any atom is -0.378 e. The fraction of sp³-hybridized carbons (Fsp3) is 0.733. The largest absolute Gasteiger partial charge is 0.378 e. The predicted molar refractivity (Wildman–Crippen MR) is 78.0 cm³/mol. The summed E-state index contributed by atoms with van der Waals surface area (Å²) >= 11 is 0. The minimum absolute atomic E-state index is 0.936. The molecular formula is C15H28N2O. The van der Waals surface area contributed by atoms with E-state index in [1.165, 1.54) is 0 Å². The van der Waals surface area contributed by atoms with Gasteiger partial charge in [0.1, 0.15) is 11.4 Å². The Labute approximate surface area is 112 Å². The minimum atomic E-state index is -0.936. The highest BCUT2D eigenvalue weighted by Crippen LogP contribution is 2.10. The number of allylic oxidation sites excluding steroid dienone is 1. The van der Waals surface area contributed by atoms with Crippen LogP contribution in [0.1, 0.15) is 41.5 Å². The zero-order chi connectivity index (χ0) is 14.2. The molecule has 0 rings (SSSR count). The number of aliphatic hydroxyl groups is 1. The summed E-state index contributed by atoms with van der Waals surface area (Å²) in [5.74, 6) is 6.95. The third kappa shape index (κ3) is 5.97. The maximum atomic E-state index is 9.61. The molecular weight excluding hydrogens is 224 g/mol. The molecule has 0 unspecified atom stereocenters. The molecule has 0 heterocycles. The molecule has 0 spiro atoms. The van der Waals surface area contributed by atoms with Gasteiger partial charge in [-0.05, 0) is 41.5 Å². The van der Waals surface area contributed by atoms with Crippen LogP contribution in [0.5, 0.6) is 0 Å². The van der Waals surface area contributed by atoms with Gasteiger partial charge in [0, 0.05) is 32.3 Å². The van der Waals surface area contributed by atoms with Crippen LogP contribution in [0.15, 0.2) is 11.9 Å². The van der Waals surface area contributed by atoms with Gasteiger partial charge in [0.25, 0.3) is 0 Å². The molecule has 1 N–H and O–H groups in total. The van der Waals surface area contributed by atoms with Gasteiger partial charge >= 0.3 is 0 Å². The molecule has 0 amide bonds. The van der Waals surface area contributed by atoms with Gasteiger partial charge in [0.15, 0.2) is 0 Å². The summed E-state index contributed by atoms with van der Waals surface area (Å²) in [7, 11) is 0. The molecule has 18 heavy (non-hydrogen) atoms. The SMILES string of the molecule is CCN(CC)C(=CC#CC(C)(C)O)N(CC)CC. The van der Waals surface area contributed by atoms with Crippen LogP contribution in [0.2, 0.25) is 0 Å². The lowest BCUT2D eigenvalue weighted by atomic mass is 10.1. The van der Waals surface area contributed by atoms with Crippen molar-refractivity contribution < 1.29 is 5.11 Å². The van der Waals surface area contributed by atoms with Crippen molar-refractivity contribution >= 4 is 0 Å². The summed E-state index contributed by atoms with van der Waals surface area (Å²) in [5, 5.41) is 9.61. The lowest BCUT2D eigenvalue weighted by Crippen LogP contribution is -2.35. The lowest BCUT2D eigenvalue weighted by molar-refractivity contribution is 0.143. The Bertz CT molecular complexity index is 296. The van der Waals surface area contributed by atoms with Crippen LogP contribution in [0.3, 0.4) is 0 Å². The summed E-state index contributed by atoms with van der Waals surface area (Å²) in [6.45, 7) is 15.8. The number of hydrogen-bond acceptors (Lipinski definition) is 3. The van der Waals surface area contributed by atoms with Crippen molar-refractivity contribution in [2.75, 3.05) is 26.2 Å². The maximum Gasteiger partial charge on any atom is 0.120 e. The quantitative estimate of drug-likeness (QED) is 0.735. The van der Waals surface area contributed by atoms with Crippen molar-refractivity contribution in [1.29, 1.82) is 0 Å². The predicted octanol–water partition coefficient (Wildman–Crippen LogP) is 2.29. The van der Waals surface area contributed by atoms with Gasteiger partial charge in [-0.2, -0.15) is 0 Å². The van der Waals surface area contributed by atoms with Crippen molar-refractivity contribution in [2.24, 2.45) is 0 Å². The highest BCUT2D eigenvalue weighted by Gasteiger charge is 2.11. The summed E-state index contributed by atoms with van der Waals surface area (Å²) in [5.41, 5.74) is -0.936. The Hall–Kier alpha value is -1.14. The number of nitrogens with zero attached hydrogens (tertiary/aromatic N) is 2. The molecule has 104 valence electrons. The summed E-state index contributed by atoms with van der Waals surface area (Å²) < 4.78 is 0. The van der Waals surface area contributed by atoms with Gasteiger partial charge in [0.2, 0.25) is 0 Å². The highest BCUT2D eigenvalue weighted by molar-refractivity contribution is 5.24. The van der Waals surface area contributed by atoms with Gasteiger partial charge < -0.3 is 14.9 Å². The van der Waals surface area contributed by atoms with E-state index in [4.69, 9.17) is 0 Å². The van der Waals surface area contributed by atoms with E-state index < -0.39 is 5.60 Å². The van der Waals surface area contributed by atoms with Gasteiger partial charge in [-0.3, -0.25) is 0 Å². The summed E-state index contributed by atoms with van der Waals surface area (Å²) in [6.07, 6.45) is 1.91. The van der Waals surface area contributed by atoms with E-state index in [1.807, 2.05) is 6.08 Å². The zero-order valence-electron chi connectivity index (χ0n) is 12.7. The second-order valence-corrected chi connectivity index (χ2v) is 4.68. The number of rotatable bonds is 6. The average molecular weight is 252 g/mol.